The average Bonchev–Trinajstić information content (AvgIpc) is 2.39. The van der Waals surface area contributed by atoms with Crippen LogP contribution in [0.5, 0.6) is 0 Å². The lowest BCUT2D eigenvalue weighted by Gasteiger charge is -2.13. The molecule has 0 saturated carbocycles. The molecule has 1 unspecified atom stereocenters. The molecule has 1 atom stereocenters. The maximum absolute atomic E-state index is 13.2. The van der Waals surface area contributed by atoms with Crippen LogP contribution in [0.15, 0.2) is 18.2 Å². The lowest BCUT2D eigenvalue weighted by molar-refractivity contribution is -0.387. The smallest absolute Gasteiger partial charge is 0.305 e. The van der Waals surface area contributed by atoms with Crippen molar-refractivity contribution in [3.05, 3.63) is 39.7 Å². The Morgan fingerprint density at radius 3 is 2.65 bits per heavy atom. The van der Waals surface area contributed by atoms with Gasteiger partial charge in [0.1, 0.15) is 0 Å². The number of hydrogen-bond acceptors (Lipinski definition) is 5. The fourth-order valence-electron chi connectivity index (χ4n) is 1.68. The zero-order valence-electron chi connectivity index (χ0n) is 10.6. The third-order valence-electron chi connectivity index (χ3n) is 2.74. The van der Waals surface area contributed by atoms with Gasteiger partial charge in [-0.3, -0.25) is 19.7 Å². The summed E-state index contributed by atoms with van der Waals surface area (Å²) < 4.78 is 13.2. The van der Waals surface area contributed by atoms with E-state index < -0.39 is 34.2 Å². The van der Waals surface area contributed by atoms with Gasteiger partial charge in [-0.2, -0.15) is 4.39 Å². The molecule has 108 valence electrons. The van der Waals surface area contributed by atoms with Gasteiger partial charge in [-0.1, -0.05) is 0 Å². The zero-order chi connectivity index (χ0) is 15.3. The number of carboxylic acid groups (broad SMARTS) is 1. The number of halogens is 1. The van der Waals surface area contributed by atoms with Gasteiger partial charge >= 0.3 is 11.7 Å². The number of aliphatic carboxylic acids is 1. The maximum Gasteiger partial charge on any atom is 0.305 e. The summed E-state index contributed by atoms with van der Waals surface area (Å²) in [6.07, 6.45) is -0.184. The van der Waals surface area contributed by atoms with E-state index in [0.717, 1.165) is 18.2 Å². The summed E-state index contributed by atoms with van der Waals surface area (Å²) in [4.78, 5) is 32.3. The highest BCUT2D eigenvalue weighted by Crippen LogP contribution is 2.20. The summed E-state index contributed by atoms with van der Waals surface area (Å²) in [5.41, 5.74) is -0.827. The molecule has 20 heavy (non-hydrogen) atoms. The first kappa shape index (κ1) is 15.7. The highest BCUT2D eigenvalue weighted by Gasteiger charge is 2.23. The standard InChI is InChI=1S/C12H13FN2O5/c1-14-9(4-5-11(16)17)12(18)7-2-3-8(13)10(6-7)15(19)20/h2-3,6,9,14H,4-5H2,1H3,(H,16,17). The second-order valence-corrected chi connectivity index (χ2v) is 4.06. The van der Waals surface area contributed by atoms with Crippen molar-refractivity contribution in [1.29, 1.82) is 0 Å². The minimum absolute atomic E-state index is 0.0375. The van der Waals surface area contributed by atoms with Crippen LogP contribution in [-0.2, 0) is 4.79 Å². The summed E-state index contributed by atoms with van der Waals surface area (Å²) in [6, 6.07) is 2.03. The average molecular weight is 284 g/mol. The Morgan fingerprint density at radius 2 is 2.15 bits per heavy atom. The van der Waals surface area contributed by atoms with Gasteiger partial charge in [0.25, 0.3) is 0 Å². The number of rotatable bonds is 7. The van der Waals surface area contributed by atoms with E-state index in [9.17, 15) is 24.1 Å². The normalized spacial score (nSPS) is 11.9. The van der Waals surface area contributed by atoms with Crippen LogP contribution in [0, 0.1) is 15.9 Å². The van der Waals surface area contributed by atoms with Gasteiger partial charge in [-0.25, -0.2) is 0 Å². The molecule has 0 radical (unpaired) electrons. The third kappa shape index (κ3) is 3.82. The fraction of sp³-hybridized carbons (Fsp3) is 0.333. The fourth-order valence-corrected chi connectivity index (χ4v) is 1.68. The first-order chi connectivity index (χ1) is 9.36. The molecule has 0 aliphatic heterocycles. The molecule has 0 heterocycles. The van der Waals surface area contributed by atoms with Crippen LogP contribution in [0.4, 0.5) is 10.1 Å². The van der Waals surface area contributed by atoms with Gasteiger partial charge in [0.05, 0.1) is 11.0 Å². The van der Waals surface area contributed by atoms with E-state index >= 15 is 0 Å². The van der Waals surface area contributed by atoms with Crippen molar-refractivity contribution in [2.45, 2.75) is 18.9 Å². The van der Waals surface area contributed by atoms with E-state index in [1.807, 2.05) is 0 Å². The number of carboxylic acids is 1. The molecule has 0 aromatic heterocycles. The molecule has 0 aliphatic carbocycles. The highest BCUT2D eigenvalue weighted by molar-refractivity contribution is 6.00. The van der Waals surface area contributed by atoms with Crippen molar-refractivity contribution in [2.24, 2.45) is 0 Å². The number of nitrogens with zero attached hydrogens (tertiary/aromatic N) is 1. The van der Waals surface area contributed by atoms with Gasteiger partial charge in [0.2, 0.25) is 5.82 Å². The predicted molar refractivity (Wildman–Crippen MR) is 67.1 cm³/mol. The predicted octanol–water partition coefficient (Wildman–Crippen LogP) is 1.37. The number of nitro benzene ring substituents is 1. The number of carbonyl (C=O) groups is 2. The van der Waals surface area contributed by atoms with E-state index in [-0.39, 0.29) is 18.4 Å². The van der Waals surface area contributed by atoms with Crippen LogP contribution >= 0.6 is 0 Å². The molecule has 0 fully saturated rings. The minimum atomic E-state index is -1.05. The molecular formula is C12H13FN2O5. The Morgan fingerprint density at radius 1 is 1.50 bits per heavy atom. The Bertz CT molecular complexity index is 547. The van der Waals surface area contributed by atoms with Gasteiger partial charge in [0, 0.05) is 18.1 Å². The third-order valence-corrected chi connectivity index (χ3v) is 2.74. The van der Waals surface area contributed by atoms with Crippen LogP contribution in [0.2, 0.25) is 0 Å². The van der Waals surface area contributed by atoms with E-state index in [1.165, 1.54) is 7.05 Å². The molecule has 1 aromatic carbocycles. The van der Waals surface area contributed by atoms with Crippen molar-refractivity contribution in [3.63, 3.8) is 0 Å². The first-order valence-electron chi connectivity index (χ1n) is 5.74. The lowest BCUT2D eigenvalue weighted by atomic mass is 10.00. The number of nitrogens with one attached hydrogen (secondary N) is 1. The topological polar surface area (TPSA) is 110 Å². The van der Waals surface area contributed by atoms with E-state index in [0.29, 0.717) is 0 Å². The summed E-state index contributed by atoms with van der Waals surface area (Å²) in [5.74, 6) is -2.60. The van der Waals surface area contributed by atoms with E-state index in [2.05, 4.69) is 5.32 Å². The summed E-state index contributed by atoms with van der Waals surface area (Å²) in [6.45, 7) is 0. The molecule has 8 heteroatoms. The minimum Gasteiger partial charge on any atom is -0.481 e. The summed E-state index contributed by atoms with van der Waals surface area (Å²) >= 11 is 0. The molecule has 1 rings (SSSR count). The van der Waals surface area contributed by atoms with Gasteiger partial charge in [-0.05, 0) is 25.6 Å². The molecular weight excluding hydrogens is 271 g/mol. The van der Waals surface area contributed by atoms with Gasteiger partial charge in [0.15, 0.2) is 5.78 Å². The lowest BCUT2D eigenvalue weighted by Crippen LogP contribution is -2.34. The number of likely N-dealkylation sites (N-methyl/N-ethyl adjacent to an activating group) is 1. The number of nitro groups is 1. The zero-order valence-corrected chi connectivity index (χ0v) is 10.6. The van der Waals surface area contributed by atoms with Crippen molar-refractivity contribution in [3.8, 4) is 0 Å². The Kier molecular flexibility index (Phi) is 5.27. The number of Topliss-reactive ketones (excluding diaryl/α,β-unsaturated/α-hetero) is 1. The van der Waals surface area contributed by atoms with Crippen LogP contribution in [0.3, 0.4) is 0 Å². The van der Waals surface area contributed by atoms with Crippen molar-refractivity contribution in [1.82, 2.24) is 5.32 Å². The summed E-state index contributed by atoms with van der Waals surface area (Å²) in [5, 5.41) is 21.8. The largest absolute Gasteiger partial charge is 0.481 e. The molecule has 1 aromatic rings. The maximum atomic E-state index is 13.2. The molecule has 7 nitrogen and oxygen atoms in total. The van der Waals surface area contributed by atoms with E-state index in [1.54, 1.807) is 0 Å². The molecule has 0 saturated heterocycles. The van der Waals surface area contributed by atoms with Gasteiger partial charge in [-0.15, -0.1) is 0 Å². The number of carbonyl (C=O) groups excluding carboxylic acids is 1. The van der Waals surface area contributed by atoms with Crippen LogP contribution in [-0.4, -0.2) is 34.9 Å². The Balaban J connectivity index is 2.97. The van der Waals surface area contributed by atoms with Crippen LogP contribution in [0.1, 0.15) is 23.2 Å². The Labute approximate surface area is 113 Å². The first-order valence-corrected chi connectivity index (χ1v) is 5.74. The number of benzene rings is 1. The van der Waals surface area contributed by atoms with Crippen LogP contribution < -0.4 is 5.32 Å². The van der Waals surface area contributed by atoms with Crippen molar-refractivity contribution in [2.75, 3.05) is 7.05 Å². The summed E-state index contributed by atoms with van der Waals surface area (Å²) in [7, 11) is 1.47. The Hall–Kier alpha value is -2.35. The molecule has 0 spiro atoms. The molecule has 0 amide bonds. The van der Waals surface area contributed by atoms with Crippen molar-refractivity contribution >= 4 is 17.4 Å². The monoisotopic (exact) mass is 284 g/mol. The number of ketones is 1. The molecule has 0 bridgehead atoms. The molecule has 2 N–H and O–H groups in total. The quantitative estimate of drug-likeness (QED) is 0.444. The number of hydrogen-bond donors (Lipinski definition) is 2. The SMILES string of the molecule is CNC(CCC(=O)O)C(=O)c1ccc(F)c([N+](=O)[O-])c1. The second-order valence-electron chi connectivity index (χ2n) is 4.06. The van der Waals surface area contributed by atoms with Crippen LogP contribution in [0.25, 0.3) is 0 Å². The second kappa shape index (κ2) is 6.71. The van der Waals surface area contributed by atoms with Crippen molar-refractivity contribution < 1.29 is 24.0 Å². The molecule has 0 aliphatic rings. The highest BCUT2D eigenvalue weighted by atomic mass is 19.1. The van der Waals surface area contributed by atoms with E-state index in [4.69, 9.17) is 5.11 Å². The van der Waals surface area contributed by atoms with Gasteiger partial charge < -0.3 is 10.4 Å².